The van der Waals surface area contributed by atoms with Gasteiger partial charge in [-0.1, -0.05) is 0 Å². The number of likely N-dealkylation sites (tertiary alicyclic amines) is 1. The van der Waals surface area contributed by atoms with Crippen molar-refractivity contribution in [3.8, 4) is 0 Å². The van der Waals surface area contributed by atoms with Gasteiger partial charge in [-0.05, 0) is 75.6 Å². The van der Waals surface area contributed by atoms with Crippen LogP contribution in [-0.4, -0.2) is 47.7 Å². The summed E-state index contributed by atoms with van der Waals surface area (Å²) in [5.74, 6) is 0.101. The lowest BCUT2D eigenvalue weighted by Crippen LogP contribution is -2.50. The summed E-state index contributed by atoms with van der Waals surface area (Å²) in [6, 6.07) is 5.24. The van der Waals surface area contributed by atoms with Gasteiger partial charge < -0.3 is 14.9 Å². The van der Waals surface area contributed by atoms with Crippen LogP contribution in [0.25, 0.3) is 0 Å². The van der Waals surface area contributed by atoms with E-state index in [1.165, 1.54) is 6.07 Å². The van der Waals surface area contributed by atoms with Crippen molar-refractivity contribution in [2.45, 2.75) is 64.0 Å². The Morgan fingerprint density at radius 3 is 2.65 bits per heavy atom. The van der Waals surface area contributed by atoms with E-state index in [1.54, 1.807) is 6.07 Å². The summed E-state index contributed by atoms with van der Waals surface area (Å²) in [5.41, 5.74) is 1.71. The summed E-state index contributed by atoms with van der Waals surface area (Å²) in [4.78, 5) is 17.7. The van der Waals surface area contributed by atoms with Crippen molar-refractivity contribution in [3.63, 3.8) is 0 Å². The van der Waals surface area contributed by atoms with E-state index < -0.39 is 0 Å². The van der Waals surface area contributed by atoms with Crippen molar-refractivity contribution >= 4 is 11.6 Å². The number of hydrogen-bond donors (Lipinski definition) is 1. The predicted molar refractivity (Wildman–Crippen MR) is 99.6 cm³/mol. The average Bonchev–Trinajstić information content (AvgIpc) is 2.92. The van der Waals surface area contributed by atoms with E-state index in [0.717, 1.165) is 75.8 Å². The number of rotatable bonds is 2. The molecule has 2 heterocycles. The number of nitrogens with zero attached hydrogens (tertiary/aromatic N) is 2. The zero-order chi connectivity index (χ0) is 18.3. The number of benzene rings is 1. The van der Waals surface area contributed by atoms with Crippen molar-refractivity contribution < 1.29 is 14.3 Å². The van der Waals surface area contributed by atoms with Gasteiger partial charge in [0, 0.05) is 31.4 Å². The highest BCUT2D eigenvalue weighted by Gasteiger charge is 2.50. The average molecular weight is 360 g/mol. The van der Waals surface area contributed by atoms with Gasteiger partial charge in [-0.3, -0.25) is 4.79 Å². The van der Waals surface area contributed by atoms with Crippen molar-refractivity contribution in [1.29, 1.82) is 0 Å². The largest absolute Gasteiger partial charge is 0.393 e. The fourth-order valence-corrected chi connectivity index (χ4v) is 5.26. The molecule has 0 unspecified atom stereocenters. The quantitative estimate of drug-likeness (QED) is 0.880. The molecule has 0 radical (unpaired) electrons. The molecule has 142 valence electrons. The molecule has 3 aliphatic rings. The third kappa shape index (κ3) is 3.11. The number of carbonyl (C=O) groups is 1. The monoisotopic (exact) mass is 360 g/mol. The highest BCUT2D eigenvalue weighted by atomic mass is 19.1. The van der Waals surface area contributed by atoms with Gasteiger partial charge in [0.05, 0.1) is 11.5 Å². The molecule has 4 nitrogen and oxygen atoms in total. The molecule has 1 N–H and O–H groups in total. The van der Waals surface area contributed by atoms with Crippen LogP contribution >= 0.6 is 0 Å². The Balaban J connectivity index is 1.50. The molecule has 0 bridgehead atoms. The molecule has 1 aromatic carbocycles. The minimum Gasteiger partial charge on any atom is -0.393 e. The Morgan fingerprint density at radius 2 is 1.92 bits per heavy atom. The van der Waals surface area contributed by atoms with Crippen LogP contribution in [0.15, 0.2) is 18.2 Å². The maximum Gasteiger partial charge on any atom is 0.230 e. The Morgan fingerprint density at radius 1 is 1.15 bits per heavy atom. The third-order valence-electron chi connectivity index (χ3n) is 6.73. The summed E-state index contributed by atoms with van der Waals surface area (Å²) < 4.78 is 13.5. The Kier molecular flexibility index (Phi) is 4.68. The fourth-order valence-electron chi connectivity index (χ4n) is 5.26. The summed E-state index contributed by atoms with van der Waals surface area (Å²) in [6.07, 6.45) is 6.14. The molecule has 0 aromatic heterocycles. The van der Waals surface area contributed by atoms with Gasteiger partial charge in [-0.15, -0.1) is 0 Å². The maximum absolute atomic E-state index is 13.5. The smallest absolute Gasteiger partial charge is 0.230 e. The molecule has 1 spiro atoms. The van der Waals surface area contributed by atoms with Gasteiger partial charge in [-0.25, -0.2) is 4.39 Å². The normalized spacial score (nSPS) is 32.5. The number of aliphatic hydroxyl groups is 1. The predicted octanol–water partition coefficient (Wildman–Crippen LogP) is 3.26. The molecule has 1 atom stereocenters. The third-order valence-corrected chi connectivity index (χ3v) is 6.73. The molecule has 1 aromatic rings. The van der Waals surface area contributed by atoms with E-state index in [4.69, 9.17) is 0 Å². The summed E-state index contributed by atoms with van der Waals surface area (Å²) in [7, 11) is 0. The standard InChI is InChI=1S/C21H29FN2O2/c1-15-13-16(22)3-8-19(15)23-11-2-9-21(14-23)10-12-24(20(21)26)17-4-6-18(25)7-5-17/h3,8,13,17-18,25H,2,4-7,9-12,14H2,1H3/t17-,18-,21-/m0/s1. The van der Waals surface area contributed by atoms with Crippen molar-refractivity contribution in [2.24, 2.45) is 5.41 Å². The van der Waals surface area contributed by atoms with Crippen LogP contribution in [0.2, 0.25) is 0 Å². The van der Waals surface area contributed by atoms with Crippen LogP contribution in [0.1, 0.15) is 50.5 Å². The topological polar surface area (TPSA) is 43.8 Å². The number of carbonyl (C=O) groups excluding carboxylic acids is 1. The van der Waals surface area contributed by atoms with E-state index in [9.17, 15) is 14.3 Å². The van der Waals surface area contributed by atoms with Gasteiger partial charge in [0.1, 0.15) is 5.82 Å². The number of aryl methyl sites for hydroxylation is 1. The lowest BCUT2D eigenvalue weighted by atomic mass is 9.78. The molecule has 2 saturated heterocycles. The molecular formula is C21H29FN2O2. The first kappa shape index (κ1) is 17.8. The van der Waals surface area contributed by atoms with Gasteiger partial charge in [0.2, 0.25) is 5.91 Å². The van der Waals surface area contributed by atoms with E-state index in [1.807, 2.05) is 13.0 Å². The molecule has 5 heteroatoms. The van der Waals surface area contributed by atoms with Gasteiger partial charge in [-0.2, -0.15) is 0 Å². The van der Waals surface area contributed by atoms with Crippen LogP contribution in [-0.2, 0) is 4.79 Å². The number of piperidine rings is 1. The molecular weight excluding hydrogens is 331 g/mol. The minimum atomic E-state index is -0.283. The second-order valence-electron chi connectivity index (χ2n) is 8.45. The van der Waals surface area contributed by atoms with E-state index >= 15 is 0 Å². The highest BCUT2D eigenvalue weighted by Crippen LogP contribution is 2.43. The molecule has 26 heavy (non-hydrogen) atoms. The molecule has 1 amide bonds. The molecule has 2 aliphatic heterocycles. The molecule has 3 fully saturated rings. The van der Waals surface area contributed by atoms with Crippen LogP contribution in [0.5, 0.6) is 0 Å². The lowest BCUT2D eigenvalue weighted by Gasteiger charge is -2.42. The van der Waals surface area contributed by atoms with Crippen LogP contribution in [0.4, 0.5) is 10.1 Å². The Bertz CT molecular complexity index is 687. The number of anilines is 1. The second kappa shape index (κ2) is 6.84. The van der Waals surface area contributed by atoms with Gasteiger partial charge >= 0.3 is 0 Å². The first-order valence-corrected chi connectivity index (χ1v) is 9.99. The second-order valence-corrected chi connectivity index (χ2v) is 8.45. The van der Waals surface area contributed by atoms with Gasteiger partial charge in [0.25, 0.3) is 0 Å². The maximum atomic E-state index is 13.5. The van der Waals surface area contributed by atoms with E-state index in [0.29, 0.717) is 11.9 Å². The molecule has 1 saturated carbocycles. The summed E-state index contributed by atoms with van der Waals surface area (Å²) in [5, 5.41) is 9.75. The number of aliphatic hydroxyl groups excluding tert-OH is 1. The van der Waals surface area contributed by atoms with Gasteiger partial charge in [0.15, 0.2) is 0 Å². The SMILES string of the molecule is Cc1cc(F)ccc1N1CCC[C@]2(CCN([C@H]3CC[C@H](O)CC3)C2=O)C1. The summed E-state index contributed by atoms with van der Waals surface area (Å²) >= 11 is 0. The lowest BCUT2D eigenvalue weighted by molar-refractivity contribution is -0.139. The van der Waals surface area contributed by atoms with Crippen LogP contribution < -0.4 is 4.90 Å². The Hall–Kier alpha value is -1.62. The number of halogens is 1. The minimum absolute atomic E-state index is 0.190. The summed E-state index contributed by atoms with van der Waals surface area (Å²) in [6.45, 7) is 4.45. The van der Waals surface area contributed by atoms with Crippen molar-refractivity contribution in [1.82, 2.24) is 4.90 Å². The van der Waals surface area contributed by atoms with E-state index in [2.05, 4.69) is 9.80 Å². The Labute approximate surface area is 155 Å². The first-order chi connectivity index (χ1) is 12.5. The fraction of sp³-hybridized carbons (Fsp3) is 0.667. The van der Waals surface area contributed by atoms with Crippen LogP contribution in [0.3, 0.4) is 0 Å². The van der Waals surface area contributed by atoms with Crippen molar-refractivity contribution in [2.75, 3.05) is 24.5 Å². The van der Waals surface area contributed by atoms with E-state index in [-0.39, 0.29) is 17.3 Å². The molecule has 4 rings (SSSR count). The first-order valence-electron chi connectivity index (χ1n) is 9.99. The number of hydrogen-bond acceptors (Lipinski definition) is 3. The highest BCUT2D eigenvalue weighted by molar-refractivity contribution is 5.86. The molecule has 1 aliphatic carbocycles. The van der Waals surface area contributed by atoms with Crippen molar-refractivity contribution in [3.05, 3.63) is 29.6 Å². The zero-order valence-electron chi connectivity index (χ0n) is 15.6. The zero-order valence-corrected chi connectivity index (χ0v) is 15.6. The van der Waals surface area contributed by atoms with Crippen LogP contribution in [0, 0.1) is 18.2 Å². The number of amides is 1.